The van der Waals surface area contributed by atoms with Crippen LogP contribution < -0.4 is 34.0 Å². The molecule has 2 aliphatic rings. The van der Waals surface area contributed by atoms with Crippen LogP contribution in [0.5, 0.6) is 0 Å². The second-order valence-corrected chi connectivity index (χ2v) is 12.5. The highest BCUT2D eigenvalue weighted by Gasteiger charge is 2.28. The molecule has 0 amide bonds. The van der Waals surface area contributed by atoms with Crippen molar-refractivity contribution in [3.8, 4) is 11.1 Å². The molecule has 0 spiro atoms. The lowest BCUT2D eigenvalue weighted by Gasteiger charge is -2.34. The fourth-order valence-electron chi connectivity index (χ4n) is 5.79. The molecule has 2 fully saturated rings. The van der Waals surface area contributed by atoms with Gasteiger partial charge in [0, 0.05) is 24.3 Å². The highest BCUT2D eigenvalue weighted by Crippen LogP contribution is 2.23. The molecule has 0 saturated carbocycles. The third kappa shape index (κ3) is 10.4. The van der Waals surface area contributed by atoms with Gasteiger partial charge in [0.1, 0.15) is 38.4 Å². The number of ketones is 2. The van der Waals surface area contributed by atoms with Gasteiger partial charge in [-0.05, 0) is 49.7 Å². The minimum absolute atomic E-state index is 0. The second-order valence-electron chi connectivity index (χ2n) is 12.5. The van der Waals surface area contributed by atoms with Gasteiger partial charge in [0.2, 0.25) is 11.6 Å². The molecule has 2 atom stereocenters. The molecule has 2 heterocycles. The van der Waals surface area contributed by atoms with Gasteiger partial charge in [0.25, 0.3) is 0 Å². The summed E-state index contributed by atoms with van der Waals surface area (Å²) in [6.07, 6.45) is 7.37. The summed E-state index contributed by atoms with van der Waals surface area (Å²) in [5, 5.41) is 0. The van der Waals surface area contributed by atoms with Gasteiger partial charge in [-0.25, -0.2) is 0 Å². The van der Waals surface area contributed by atoms with Crippen molar-refractivity contribution in [1.29, 1.82) is 0 Å². The van der Waals surface area contributed by atoms with Crippen LogP contribution in [0, 0.1) is 0 Å². The van der Waals surface area contributed by atoms with Crippen LogP contribution >= 0.6 is 0 Å². The van der Waals surface area contributed by atoms with Gasteiger partial charge in [0.05, 0.1) is 28.2 Å². The average molecular weight is 683 g/mol. The van der Waals surface area contributed by atoms with Crippen LogP contribution in [0.15, 0.2) is 48.5 Å². The fraction of sp³-hybridized carbons (Fsp3) is 0.562. The van der Waals surface area contributed by atoms with E-state index in [-0.39, 0.29) is 57.7 Å². The SMILES string of the molecule is C[N+](C)(CC(=O)c1ccc(-c2ccc(C(=O)C[N+](C)(C)CC3CCCCO3)cc2)cc1)CC1CCCCO1.[Br-].[Br-]. The van der Waals surface area contributed by atoms with Gasteiger partial charge in [0.15, 0.2) is 0 Å². The Morgan fingerprint density at radius 2 is 0.975 bits per heavy atom. The summed E-state index contributed by atoms with van der Waals surface area (Å²) in [5.74, 6) is 0.301. The van der Waals surface area contributed by atoms with Crippen LogP contribution in [0.4, 0.5) is 0 Å². The summed E-state index contributed by atoms with van der Waals surface area (Å²) in [7, 11) is 8.43. The Kier molecular flexibility index (Phi) is 13.7. The molecular weight excluding hydrogens is 636 g/mol. The number of hydrogen-bond acceptors (Lipinski definition) is 4. The normalized spacial score (nSPS) is 19.7. The summed E-state index contributed by atoms with van der Waals surface area (Å²) >= 11 is 0. The molecule has 6 nitrogen and oxygen atoms in total. The third-order valence-electron chi connectivity index (χ3n) is 7.83. The van der Waals surface area contributed by atoms with Gasteiger partial charge in [-0.1, -0.05) is 48.5 Å². The smallest absolute Gasteiger partial charge is 0.216 e. The summed E-state index contributed by atoms with van der Waals surface area (Å²) in [6.45, 7) is 4.30. The number of rotatable bonds is 11. The molecule has 2 aromatic carbocycles. The van der Waals surface area contributed by atoms with E-state index in [0.717, 1.165) is 74.2 Å². The van der Waals surface area contributed by atoms with E-state index in [1.807, 2.05) is 48.5 Å². The molecule has 0 aliphatic carbocycles. The van der Waals surface area contributed by atoms with Crippen LogP contribution in [-0.2, 0) is 9.47 Å². The molecular formula is C32H46Br2N2O4. The summed E-state index contributed by atoms with van der Waals surface area (Å²) in [4.78, 5) is 26.0. The van der Waals surface area contributed by atoms with Gasteiger partial charge in [-0.15, -0.1) is 0 Å². The standard InChI is InChI=1S/C32H46N2O4.2BrH/c1-33(2,21-29-9-5-7-19-37-29)23-31(35)27-15-11-25(12-16-27)26-13-17-28(18-14-26)32(36)24-34(3,4)22-30-10-6-8-20-38-30;;/h11-18,29-30H,5-10,19-24H2,1-4H3;2*1H/q+2;;/p-2. The van der Waals surface area contributed by atoms with Crippen molar-refractivity contribution in [3.63, 3.8) is 0 Å². The topological polar surface area (TPSA) is 52.6 Å². The van der Waals surface area contributed by atoms with Gasteiger partial charge in [-0.3, -0.25) is 9.59 Å². The second kappa shape index (κ2) is 15.7. The number of carbonyl (C=O) groups is 2. The number of carbonyl (C=O) groups excluding carboxylic acids is 2. The molecule has 2 unspecified atom stereocenters. The van der Waals surface area contributed by atoms with Gasteiger partial charge >= 0.3 is 0 Å². The van der Waals surface area contributed by atoms with Crippen molar-refractivity contribution in [2.75, 3.05) is 67.6 Å². The van der Waals surface area contributed by atoms with E-state index >= 15 is 0 Å². The van der Waals surface area contributed by atoms with E-state index in [9.17, 15) is 9.59 Å². The minimum Gasteiger partial charge on any atom is -1.00 e. The van der Waals surface area contributed by atoms with E-state index in [1.165, 1.54) is 12.8 Å². The maximum Gasteiger partial charge on any atom is 0.216 e. The van der Waals surface area contributed by atoms with Crippen molar-refractivity contribution in [2.45, 2.75) is 50.7 Å². The quantitative estimate of drug-likeness (QED) is 0.226. The molecule has 0 N–H and O–H groups in total. The first kappa shape index (κ1) is 34.8. The number of quaternary nitrogens is 2. The van der Waals surface area contributed by atoms with Crippen molar-refractivity contribution in [1.82, 2.24) is 0 Å². The minimum atomic E-state index is 0. The molecule has 2 aromatic rings. The predicted octanol–water partition coefficient (Wildman–Crippen LogP) is -0.982. The monoisotopic (exact) mass is 680 g/mol. The number of hydrogen-bond donors (Lipinski definition) is 0. The van der Waals surface area contributed by atoms with Gasteiger partial charge < -0.3 is 52.4 Å². The average Bonchev–Trinajstić information content (AvgIpc) is 2.89. The molecule has 8 heteroatoms. The maximum absolute atomic E-state index is 13.0. The summed E-state index contributed by atoms with van der Waals surface area (Å²) < 4.78 is 13.0. The number of halogens is 2. The highest BCUT2D eigenvalue weighted by atomic mass is 79.9. The Morgan fingerprint density at radius 3 is 1.27 bits per heavy atom. The van der Waals surface area contributed by atoms with E-state index in [4.69, 9.17) is 9.47 Å². The fourth-order valence-corrected chi connectivity index (χ4v) is 5.79. The van der Waals surface area contributed by atoms with Crippen LogP contribution in [0.1, 0.15) is 59.2 Å². The first-order valence-electron chi connectivity index (χ1n) is 14.2. The Hall–Kier alpha value is -1.42. The molecule has 0 bridgehead atoms. The summed E-state index contributed by atoms with van der Waals surface area (Å²) in [5.41, 5.74) is 3.54. The van der Waals surface area contributed by atoms with Crippen molar-refractivity contribution in [3.05, 3.63) is 59.7 Å². The summed E-state index contributed by atoms with van der Waals surface area (Å²) in [6, 6.07) is 15.7. The Labute approximate surface area is 261 Å². The Morgan fingerprint density at radius 1 is 0.625 bits per heavy atom. The van der Waals surface area contributed by atoms with Crippen LogP contribution in [0.3, 0.4) is 0 Å². The van der Waals surface area contributed by atoms with Crippen molar-refractivity contribution in [2.24, 2.45) is 0 Å². The molecule has 2 aliphatic heterocycles. The lowest BCUT2D eigenvalue weighted by atomic mass is 9.99. The van der Waals surface area contributed by atoms with Crippen LogP contribution in [0.25, 0.3) is 11.1 Å². The number of likely N-dealkylation sites (N-methyl/N-ethyl adjacent to an activating group) is 2. The van der Waals surface area contributed by atoms with Crippen LogP contribution in [0.2, 0.25) is 0 Å². The van der Waals surface area contributed by atoms with Crippen LogP contribution in [-0.4, -0.2) is 100 Å². The molecule has 0 radical (unpaired) electrons. The lowest BCUT2D eigenvalue weighted by Crippen LogP contribution is -3.00. The van der Waals surface area contributed by atoms with E-state index in [1.54, 1.807) is 0 Å². The zero-order chi connectivity index (χ0) is 27.2. The van der Waals surface area contributed by atoms with Crippen molar-refractivity contribution >= 4 is 11.6 Å². The van der Waals surface area contributed by atoms with E-state index in [2.05, 4.69) is 28.2 Å². The first-order chi connectivity index (χ1) is 18.1. The number of nitrogens with zero attached hydrogens (tertiary/aromatic N) is 2. The maximum atomic E-state index is 13.0. The third-order valence-corrected chi connectivity index (χ3v) is 7.83. The lowest BCUT2D eigenvalue weighted by molar-refractivity contribution is -0.885. The zero-order valence-corrected chi connectivity index (χ0v) is 27.7. The zero-order valence-electron chi connectivity index (χ0n) is 24.5. The highest BCUT2D eigenvalue weighted by molar-refractivity contribution is 5.98. The Balaban J connectivity index is 0.00000280. The van der Waals surface area contributed by atoms with Crippen molar-refractivity contribution < 1.29 is 62.0 Å². The Bertz CT molecular complexity index is 988. The van der Waals surface area contributed by atoms with E-state index < -0.39 is 0 Å². The number of benzene rings is 2. The van der Waals surface area contributed by atoms with E-state index in [0.29, 0.717) is 22.1 Å². The molecule has 4 rings (SSSR count). The predicted molar refractivity (Wildman–Crippen MR) is 151 cm³/mol. The van der Waals surface area contributed by atoms with Gasteiger partial charge in [-0.2, -0.15) is 0 Å². The molecule has 2 saturated heterocycles. The largest absolute Gasteiger partial charge is 1.00 e. The molecule has 40 heavy (non-hydrogen) atoms. The number of Topliss-reactive ketones (excluding diaryl/α,β-unsaturated/α-hetero) is 2. The molecule has 0 aromatic heterocycles. The molecule has 222 valence electrons. The number of ether oxygens (including phenoxy) is 2. The first-order valence-corrected chi connectivity index (χ1v) is 14.2.